The zero-order valence-electron chi connectivity index (χ0n) is 20.0. The second kappa shape index (κ2) is 12.7. The zero-order valence-corrected chi connectivity index (χ0v) is 20.0. The quantitative estimate of drug-likeness (QED) is 0.446. The van der Waals surface area contributed by atoms with Gasteiger partial charge in [0, 0.05) is 24.7 Å². The maximum absolute atomic E-state index is 12.9. The van der Waals surface area contributed by atoms with E-state index in [0.717, 1.165) is 63.0 Å². The minimum atomic E-state index is -4.61. The molecule has 2 amide bonds. The fourth-order valence-corrected chi connectivity index (χ4v) is 4.18. The molecule has 0 atom stereocenters. The molecule has 0 bridgehead atoms. The van der Waals surface area contributed by atoms with E-state index in [9.17, 15) is 22.8 Å². The van der Waals surface area contributed by atoms with Crippen molar-refractivity contribution in [3.8, 4) is 0 Å². The number of likely N-dealkylation sites (tertiary alicyclic amines) is 1. The topological polar surface area (TPSA) is 74.3 Å². The summed E-state index contributed by atoms with van der Waals surface area (Å²) in [6.45, 7) is 5.18. The molecule has 0 spiro atoms. The molecule has 1 aromatic heterocycles. The Bertz CT molecular complexity index is 989. The van der Waals surface area contributed by atoms with Gasteiger partial charge in [0.25, 0.3) is 5.91 Å². The number of amides is 2. The lowest BCUT2D eigenvalue weighted by Crippen LogP contribution is -2.40. The number of alkyl halides is 3. The van der Waals surface area contributed by atoms with Gasteiger partial charge in [0.15, 0.2) is 0 Å². The molecule has 0 aliphatic carbocycles. The van der Waals surface area contributed by atoms with Gasteiger partial charge in [-0.3, -0.25) is 14.5 Å². The third kappa shape index (κ3) is 8.35. The van der Waals surface area contributed by atoms with Crippen molar-refractivity contribution in [3.05, 3.63) is 59.4 Å². The lowest BCUT2D eigenvalue weighted by molar-refractivity contribution is -0.141. The van der Waals surface area contributed by atoms with E-state index < -0.39 is 17.8 Å². The normalized spacial score (nSPS) is 15.1. The van der Waals surface area contributed by atoms with Gasteiger partial charge in [0.1, 0.15) is 11.4 Å². The van der Waals surface area contributed by atoms with Gasteiger partial charge < -0.3 is 10.6 Å². The number of hydrogen-bond donors (Lipinski definition) is 2. The van der Waals surface area contributed by atoms with Crippen molar-refractivity contribution in [2.45, 2.75) is 58.2 Å². The van der Waals surface area contributed by atoms with E-state index in [2.05, 4.69) is 27.4 Å². The Hall–Kier alpha value is -2.94. The largest absolute Gasteiger partial charge is 0.433 e. The number of carbonyl (C=O) groups excluding carboxylic acids is 2. The number of nitrogens with zero attached hydrogens (tertiary/aromatic N) is 2. The van der Waals surface area contributed by atoms with Crippen LogP contribution in [-0.4, -0.2) is 41.3 Å². The standard InChI is InChI=1S/C26H33F3N4O2/c1-2-3-4-5-14-30-24(34)20-12-15-33(16-13-20)18-19-8-6-9-21(17-19)31-25(35)22-10-7-11-23(32-22)26(27,28)29/h6-11,17,20H,2-5,12-16,18H2,1H3,(H,30,34)(H,31,35). The van der Waals surface area contributed by atoms with Crippen LogP contribution in [0.1, 0.15) is 67.2 Å². The lowest BCUT2D eigenvalue weighted by atomic mass is 9.95. The summed E-state index contributed by atoms with van der Waals surface area (Å²) in [7, 11) is 0. The number of piperidine rings is 1. The molecule has 0 radical (unpaired) electrons. The monoisotopic (exact) mass is 490 g/mol. The highest BCUT2D eigenvalue weighted by Gasteiger charge is 2.33. The van der Waals surface area contributed by atoms with Gasteiger partial charge in [0.2, 0.25) is 5.91 Å². The third-order valence-corrected chi connectivity index (χ3v) is 6.15. The van der Waals surface area contributed by atoms with Crippen LogP contribution >= 0.6 is 0 Å². The molecule has 2 heterocycles. The van der Waals surface area contributed by atoms with Crippen LogP contribution in [-0.2, 0) is 17.5 Å². The van der Waals surface area contributed by atoms with Crippen molar-refractivity contribution in [1.82, 2.24) is 15.2 Å². The summed E-state index contributed by atoms with van der Waals surface area (Å²) in [6, 6.07) is 10.5. The van der Waals surface area contributed by atoms with Crippen molar-refractivity contribution in [2.24, 2.45) is 5.92 Å². The zero-order chi connectivity index (χ0) is 25.3. The molecule has 35 heavy (non-hydrogen) atoms. The fraction of sp³-hybridized carbons (Fsp3) is 0.500. The second-order valence-electron chi connectivity index (χ2n) is 8.96. The minimum Gasteiger partial charge on any atom is -0.356 e. The van der Waals surface area contributed by atoms with Gasteiger partial charge in [-0.2, -0.15) is 13.2 Å². The Morgan fingerprint density at radius 2 is 1.80 bits per heavy atom. The summed E-state index contributed by atoms with van der Waals surface area (Å²) in [5, 5.41) is 5.69. The summed E-state index contributed by atoms with van der Waals surface area (Å²) in [4.78, 5) is 30.5. The van der Waals surface area contributed by atoms with E-state index in [1.165, 1.54) is 18.9 Å². The number of carbonyl (C=O) groups is 2. The summed E-state index contributed by atoms with van der Waals surface area (Å²) in [5.41, 5.74) is 0.0612. The molecule has 3 rings (SSSR count). The van der Waals surface area contributed by atoms with Crippen LogP contribution in [0.5, 0.6) is 0 Å². The third-order valence-electron chi connectivity index (χ3n) is 6.15. The van der Waals surface area contributed by atoms with Crippen LogP contribution in [0.4, 0.5) is 18.9 Å². The maximum Gasteiger partial charge on any atom is 0.433 e. The van der Waals surface area contributed by atoms with E-state index in [-0.39, 0.29) is 17.5 Å². The molecular weight excluding hydrogens is 457 g/mol. The molecule has 6 nitrogen and oxygen atoms in total. The Kier molecular flexibility index (Phi) is 9.65. The molecule has 2 aromatic rings. The summed E-state index contributed by atoms with van der Waals surface area (Å²) < 4.78 is 38.6. The molecule has 9 heteroatoms. The number of rotatable bonds is 10. The number of pyridine rings is 1. The maximum atomic E-state index is 12.9. The Morgan fingerprint density at radius 3 is 2.51 bits per heavy atom. The number of unbranched alkanes of at least 4 members (excludes halogenated alkanes) is 3. The number of anilines is 1. The van der Waals surface area contributed by atoms with Crippen LogP contribution < -0.4 is 10.6 Å². The molecule has 1 aromatic carbocycles. The van der Waals surface area contributed by atoms with Crippen molar-refractivity contribution < 1.29 is 22.8 Å². The predicted molar refractivity (Wildman–Crippen MR) is 129 cm³/mol. The molecule has 1 fully saturated rings. The van der Waals surface area contributed by atoms with Crippen molar-refractivity contribution in [2.75, 3.05) is 25.0 Å². The molecule has 2 N–H and O–H groups in total. The number of benzene rings is 1. The second-order valence-corrected chi connectivity index (χ2v) is 8.96. The first-order chi connectivity index (χ1) is 16.8. The lowest BCUT2D eigenvalue weighted by Gasteiger charge is -2.31. The van der Waals surface area contributed by atoms with E-state index >= 15 is 0 Å². The smallest absolute Gasteiger partial charge is 0.356 e. The first kappa shape index (κ1) is 26.7. The first-order valence-corrected chi connectivity index (χ1v) is 12.2. The minimum absolute atomic E-state index is 0.0445. The molecule has 0 unspecified atom stereocenters. The highest BCUT2D eigenvalue weighted by atomic mass is 19.4. The first-order valence-electron chi connectivity index (χ1n) is 12.2. The van der Waals surface area contributed by atoms with Gasteiger partial charge in [0.05, 0.1) is 0 Å². The van der Waals surface area contributed by atoms with Crippen LogP contribution in [0, 0.1) is 5.92 Å². The number of hydrogen-bond acceptors (Lipinski definition) is 4. The van der Waals surface area contributed by atoms with Gasteiger partial charge in [-0.1, -0.05) is 44.4 Å². The Morgan fingerprint density at radius 1 is 1.06 bits per heavy atom. The number of halogens is 3. The van der Waals surface area contributed by atoms with E-state index in [1.54, 1.807) is 18.2 Å². The van der Waals surface area contributed by atoms with E-state index in [1.807, 2.05) is 6.07 Å². The molecule has 1 aliphatic heterocycles. The number of nitrogens with one attached hydrogen (secondary N) is 2. The summed E-state index contributed by atoms with van der Waals surface area (Å²) in [6.07, 6.45) is 1.53. The van der Waals surface area contributed by atoms with Crippen LogP contribution in [0.3, 0.4) is 0 Å². The predicted octanol–water partition coefficient (Wildman–Crippen LogP) is 5.26. The van der Waals surface area contributed by atoms with Crippen molar-refractivity contribution >= 4 is 17.5 Å². The highest BCUT2D eigenvalue weighted by molar-refractivity contribution is 6.02. The van der Waals surface area contributed by atoms with Gasteiger partial charge in [-0.25, -0.2) is 4.98 Å². The van der Waals surface area contributed by atoms with Crippen LogP contribution in [0.25, 0.3) is 0 Å². The average molecular weight is 491 g/mol. The molecule has 1 aliphatic rings. The Balaban J connectivity index is 1.48. The average Bonchev–Trinajstić information content (AvgIpc) is 2.84. The summed E-state index contributed by atoms with van der Waals surface area (Å²) >= 11 is 0. The van der Waals surface area contributed by atoms with Crippen molar-refractivity contribution in [3.63, 3.8) is 0 Å². The van der Waals surface area contributed by atoms with Crippen molar-refractivity contribution in [1.29, 1.82) is 0 Å². The van der Waals surface area contributed by atoms with Gasteiger partial charge >= 0.3 is 6.18 Å². The Labute approximate surface area is 204 Å². The van der Waals surface area contributed by atoms with Gasteiger partial charge in [-0.05, 0) is 62.2 Å². The van der Waals surface area contributed by atoms with Gasteiger partial charge in [-0.15, -0.1) is 0 Å². The molecular formula is C26H33F3N4O2. The highest BCUT2D eigenvalue weighted by Crippen LogP contribution is 2.27. The molecule has 0 saturated carbocycles. The van der Waals surface area contributed by atoms with Crippen LogP contribution in [0.2, 0.25) is 0 Å². The van der Waals surface area contributed by atoms with Crippen LogP contribution in [0.15, 0.2) is 42.5 Å². The fourth-order valence-electron chi connectivity index (χ4n) is 4.18. The SMILES string of the molecule is CCCCCCNC(=O)C1CCN(Cc2cccc(NC(=O)c3cccc(C(F)(F)F)n3)c2)CC1. The summed E-state index contributed by atoms with van der Waals surface area (Å²) in [5.74, 6) is -0.508. The number of aromatic nitrogens is 1. The molecule has 190 valence electrons. The van der Waals surface area contributed by atoms with E-state index in [0.29, 0.717) is 12.2 Å². The molecule has 1 saturated heterocycles. The van der Waals surface area contributed by atoms with E-state index in [4.69, 9.17) is 0 Å².